The van der Waals surface area contributed by atoms with Crippen LogP contribution in [-0.4, -0.2) is 38.2 Å². The number of fused-ring (bicyclic) bond motifs is 1. The highest BCUT2D eigenvalue weighted by Gasteiger charge is 2.18. The van der Waals surface area contributed by atoms with Gasteiger partial charge in [0.25, 0.3) is 0 Å². The molecule has 0 saturated carbocycles. The number of H-pyrrole nitrogens is 1. The van der Waals surface area contributed by atoms with Crippen LogP contribution in [0.3, 0.4) is 0 Å². The molecule has 0 atom stereocenters. The molecular weight excluding hydrogens is 459 g/mol. The molecule has 0 fully saturated rings. The van der Waals surface area contributed by atoms with Crippen molar-refractivity contribution >= 4 is 28.1 Å². The summed E-state index contributed by atoms with van der Waals surface area (Å²) in [5.74, 6) is 0.541. The van der Waals surface area contributed by atoms with E-state index in [1.165, 1.54) is 23.7 Å². The van der Waals surface area contributed by atoms with Crippen molar-refractivity contribution in [2.45, 2.75) is 13.3 Å². The average Bonchev–Trinajstić information content (AvgIpc) is 3.47. The van der Waals surface area contributed by atoms with Crippen LogP contribution in [0.5, 0.6) is 5.75 Å². The van der Waals surface area contributed by atoms with Gasteiger partial charge in [-0.05, 0) is 31.5 Å². The van der Waals surface area contributed by atoms with Crippen molar-refractivity contribution < 1.29 is 13.7 Å². The van der Waals surface area contributed by atoms with Crippen LogP contribution in [0.2, 0.25) is 0 Å². The van der Waals surface area contributed by atoms with Gasteiger partial charge in [-0.2, -0.15) is 0 Å². The van der Waals surface area contributed by atoms with E-state index in [-0.39, 0.29) is 5.82 Å². The fourth-order valence-corrected chi connectivity index (χ4v) is 4.58. The van der Waals surface area contributed by atoms with E-state index < -0.39 is 5.76 Å². The predicted molar refractivity (Wildman–Crippen MR) is 127 cm³/mol. The van der Waals surface area contributed by atoms with Crippen molar-refractivity contribution in [1.29, 1.82) is 0 Å². The Morgan fingerprint density at radius 1 is 1.21 bits per heavy atom. The van der Waals surface area contributed by atoms with Crippen molar-refractivity contribution in [2.24, 2.45) is 0 Å². The number of halogens is 1. The van der Waals surface area contributed by atoms with Gasteiger partial charge in [-0.25, -0.2) is 19.2 Å². The summed E-state index contributed by atoms with van der Waals surface area (Å²) in [4.78, 5) is 28.3. The lowest BCUT2D eigenvalue weighted by Crippen LogP contribution is -2.08. The molecule has 5 rings (SSSR count). The lowest BCUT2D eigenvalue weighted by atomic mass is 10.1. The first-order valence-electron chi connectivity index (χ1n) is 10.5. The van der Waals surface area contributed by atoms with Crippen LogP contribution in [0.1, 0.15) is 12.5 Å². The highest BCUT2D eigenvalue weighted by molar-refractivity contribution is 7.19. The van der Waals surface area contributed by atoms with E-state index in [1.807, 2.05) is 25.1 Å². The molecular formula is C23H19FN6O3S. The molecule has 4 aromatic heterocycles. The van der Waals surface area contributed by atoms with Crippen molar-refractivity contribution in [1.82, 2.24) is 25.1 Å². The van der Waals surface area contributed by atoms with Gasteiger partial charge in [-0.3, -0.25) is 14.5 Å². The summed E-state index contributed by atoms with van der Waals surface area (Å²) in [6, 6.07) is 10.6. The summed E-state index contributed by atoms with van der Waals surface area (Å²) in [6.45, 7) is 2.78. The van der Waals surface area contributed by atoms with Crippen LogP contribution in [0.4, 0.5) is 10.2 Å². The molecule has 4 heterocycles. The lowest BCUT2D eigenvalue weighted by Gasteiger charge is -2.09. The van der Waals surface area contributed by atoms with Gasteiger partial charge in [0.2, 0.25) is 0 Å². The zero-order valence-corrected chi connectivity index (χ0v) is 18.9. The van der Waals surface area contributed by atoms with Gasteiger partial charge < -0.3 is 10.1 Å². The van der Waals surface area contributed by atoms with Crippen LogP contribution in [0.15, 0.2) is 58.2 Å². The van der Waals surface area contributed by atoms with E-state index >= 15 is 0 Å². The maximum Gasteiger partial charge on any atom is 0.439 e. The van der Waals surface area contributed by atoms with Crippen molar-refractivity contribution in [3.8, 4) is 27.0 Å². The molecule has 0 aliphatic rings. The second-order valence-corrected chi connectivity index (χ2v) is 8.30. The summed E-state index contributed by atoms with van der Waals surface area (Å²) < 4.78 is 24.8. The van der Waals surface area contributed by atoms with Gasteiger partial charge in [0.05, 0.1) is 22.7 Å². The number of hydrogen-bond donors (Lipinski definition) is 2. The first kappa shape index (κ1) is 21.7. The first-order chi connectivity index (χ1) is 16.6. The Balaban J connectivity index is 1.36. The number of thiophene rings is 1. The largest absolute Gasteiger partial charge is 0.492 e. The molecule has 9 nitrogen and oxygen atoms in total. The number of aromatic nitrogens is 5. The molecule has 5 aromatic rings. The van der Waals surface area contributed by atoms with Crippen LogP contribution < -0.4 is 15.8 Å². The highest BCUT2D eigenvalue weighted by Crippen LogP contribution is 2.41. The van der Waals surface area contributed by atoms with Crippen molar-refractivity contribution in [3.63, 3.8) is 0 Å². The van der Waals surface area contributed by atoms with Gasteiger partial charge in [0.15, 0.2) is 5.82 Å². The van der Waals surface area contributed by atoms with Crippen molar-refractivity contribution in [3.05, 3.63) is 70.9 Å². The minimum Gasteiger partial charge on any atom is -0.492 e. The third-order valence-corrected chi connectivity index (χ3v) is 6.22. The fourth-order valence-electron chi connectivity index (χ4n) is 3.58. The van der Waals surface area contributed by atoms with Gasteiger partial charge in [0.1, 0.15) is 28.6 Å². The Morgan fingerprint density at radius 3 is 2.94 bits per heavy atom. The van der Waals surface area contributed by atoms with E-state index in [1.54, 1.807) is 18.3 Å². The van der Waals surface area contributed by atoms with Crippen LogP contribution in [0.25, 0.3) is 32.2 Å². The first-order valence-corrected chi connectivity index (χ1v) is 11.4. The third-order valence-electron chi connectivity index (χ3n) is 5.08. The van der Waals surface area contributed by atoms with E-state index in [9.17, 15) is 9.18 Å². The lowest BCUT2D eigenvalue weighted by molar-refractivity contribution is 0.342. The number of rotatable bonds is 8. The van der Waals surface area contributed by atoms with Gasteiger partial charge in [-0.15, -0.1) is 11.3 Å². The molecule has 34 heavy (non-hydrogen) atoms. The highest BCUT2D eigenvalue weighted by atomic mass is 32.1. The second kappa shape index (κ2) is 9.40. The molecule has 2 N–H and O–H groups in total. The molecule has 0 aliphatic heterocycles. The van der Waals surface area contributed by atoms with Crippen LogP contribution in [0, 0.1) is 5.82 Å². The Morgan fingerprint density at radius 2 is 2.12 bits per heavy atom. The molecule has 0 aliphatic carbocycles. The van der Waals surface area contributed by atoms with E-state index in [4.69, 9.17) is 4.74 Å². The van der Waals surface area contributed by atoms with E-state index in [0.717, 1.165) is 10.3 Å². The molecule has 0 bridgehead atoms. The Kier molecular flexibility index (Phi) is 6.00. The van der Waals surface area contributed by atoms with E-state index in [0.29, 0.717) is 58.6 Å². The normalized spacial score (nSPS) is 11.1. The summed E-state index contributed by atoms with van der Waals surface area (Å²) in [5, 5.41) is 7.89. The minimum absolute atomic E-state index is 0.281. The van der Waals surface area contributed by atoms with E-state index in [2.05, 4.69) is 34.9 Å². The van der Waals surface area contributed by atoms with Crippen LogP contribution in [-0.2, 0) is 6.42 Å². The maximum atomic E-state index is 14.4. The molecule has 172 valence electrons. The smallest absolute Gasteiger partial charge is 0.439 e. The number of aromatic amines is 1. The van der Waals surface area contributed by atoms with Crippen LogP contribution >= 0.6 is 11.3 Å². The van der Waals surface area contributed by atoms with Crippen molar-refractivity contribution in [2.75, 3.05) is 18.5 Å². The monoisotopic (exact) mass is 478 g/mol. The van der Waals surface area contributed by atoms with Gasteiger partial charge >= 0.3 is 5.76 Å². The molecule has 11 heteroatoms. The Bertz CT molecular complexity index is 1510. The standard InChI is InChI=1S/C23H19FN6O3S/c1-2-32-17-11-18(34-21(17)22-29-23(31)33-30-22)16-10-19(28-12-27-16)25-9-7-14-15(24)6-5-13-4-3-8-26-20(13)14/h3-6,8,10-12H,2,7,9H2,1H3,(H,25,27,28)(H,29,30,31). The van der Waals surface area contributed by atoms with Gasteiger partial charge in [-0.1, -0.05) is 11.2 Å². The summed E-state index contributed by atoms with van der Waals surface area (Å²) in [5.41, 5.74) is 1.89. The number of ether oxygens (including phenoxy) is 1. The molecule has 0 spiro atoms. The minimum atomic E-state index is -0.640. The summed E-state index contributed by atoms with van der Waals surface area (Å²) in [6.07, 6.45) is 3.56. The number of nitrogens with one attached hydrogen (secondary N) is 2. The molecule has 0 unspecified atom stereocenters. The number of nitrogens with zero attached hydrogens (tertiary/aromatic N) is 4. The number of hydrogen-bond acceptors (Lipinski definition) is 9. The fraction of sp³-hybridized carbons (Fsp3) is 0.174. The number of anilines is 1. The third kappa shape index (κ3) is 4.37. The summed E-state index contributed by atoms with van der Waals surface area (Å²) in [7, 11) is 0. The molecule has 0 saturated heterocycles. The Labute approximate surface area is 196 Å². The number of pyridine rings is 1. The Hall–Kier alpha value is -4.12. The molecule has 1 aromatic carbocycles. The quantitative estimate of drug-likeness (QED) is 0.339. The second-order valence-electron chi connectivity index (χ2n) is 7.25. The van der Waals surface area contributed by atoms with Gasteiger partial charge in [0, 0.05) is 35.8 Å². The SMILES string of the molecule is CCOc1cc(-c2cc(NCCc3c(F)ccc4cccnc34)ncn2)sc1-c1noc(=O)[nH]1. The maximum absolute atomic E-state index is 14.4. The zero-order chi connectivity index (χ0) is 23.5. The zero-order valence-electron chi connectivity index (χ0n) is 18.0. The topological polar surface area (TPSA) is 119 Å². The molecule has 0 amide bonds. The number of benzene rings is 1. The molecule has 0 radical (unpaired) electrons. The predicted octanol–water partition coefficient (Wildman–Crippen LogP) is 4.29. The summed E-state index contributed by atoms with van der Waals surface area (Å²) >= 11 is 1.36. The average molecular weight is 479 g/mol.